The number of rotatable bonds is 6. The van der Waals surface area contributed by atoms with E-state index in [0.717, 1.165) is 61.3 Å². The number of benzene rings is 1. The third-order valence-corrected chi connectivity index (χ3v) is 6.81. The van der Waals surface area contributed by atoms with Crippen LogP contribution in [0.25, 0.3) is 11.1 Å². The lowest BCUT2D eigenvalue weighted by atomic mass is 10.0. The van der Waals surface area contributed by atoms with E-state index in [9.17, 15) is 4.79 Å². The number of amides is 1. The zero-order chi connectivity index (χ0) is 19.8. The fourth-order valence-electron chi connectivity index (χ4n) is 4.98. The van der Waals surface area contributed by atoms with Gasteiger partial charge in [-0.3, -0.25) is 4.79 Å². The lowest BCUT2D eigenvalue weighted by molar-refractivity contribution is -0.122. The summed E-state index contributed by atoms with van der Waals surface area (Å²) in [5.74, 6) is 3.06. The second-order valence-corrected chi connectivity index (χ2v) is 9.21. The average molecular weight is 391 g/mol. The van der Waals surface area contributed by atoms with Gasteiger partial charge in [-0.15, -0.1) is 0 Å². The van der Waals surface area contributed by atoms with Crippen molar-refractivity contribution in [3.05, 3.63) is 42.2 Å². The van der Waals surface area contributed by atoms with Gasteiger partial charge < -0.3 is 10.2 Å². The molecule has 1 saturated heterocycles. The standard InChI is InChI=1S/C24H30N4O/c1-16(27-23(29)19-9-10-19)11-17-5-7-18(8-6-17)22-12-25-24(26-13-22)28-14-20-3-2-4-21(20)15-28/h5-8,12-13,16,19-21H,2-4,9-11,14-15H2,1H3,(H,27,29). The molecule has 1 aliphatic heterocycles. The molecule has 5 heteroatoms. The van der Waals surface area contributed by atoms with E-state index in [0.29, 0.717) is 0 Å². The van der Waals surface area contributed by atoms with E-state index in [2.05, 4.69) is 51.4 Å². The molecule has 3 fully saturated rings. The third-order valence-electron chi connectivity index (χ3n) is 6.81. The topological polar surface area (TPSA) is 58.1 Å². The van der Waals surface area contributed by atoms with Crippen LogP contribution in [0, 0.1) is 17.8 Å². The molecule has 152 valence electrons. The van der Waals surface area contributed by atoms with Gasteiger partial charge in [0, 0.05) is 43.0 Å². The molecule has 3 atom stereocenters. The number of nitrogens with zero attached hydrogens (tertiary/aromatic N) is 3. The van der Waals surface area contributed by atoms with Crippen molar-refractivity contribution >= 4 is 11.9 Å². The predicted molar refractivity (Wildman–Crippen MR) is 115 cm³/mol. The molecule has 2 heterocycles. The molecule has 2 aliphatic carbocycles. The monoisotopic (exact) mass is 390 g/mol. The van der Waals surface area contributed by atoms with E-state index in [1.165, 1.54) is 24.8 Å². The van der Waals surface area contributed by atoms with Crippen molar-refractivity contribution in [3.63, 3.8) is 0 Å². The van der Waals surface area contributed by atoms with Crippen LogP contribution >= 0.6 is 0 Å². The normalized spacial score (nSPS) is 24.4. The number of hydrogen-bond acceptors (Lipinski definition) is 4. The lowest BCUT2D eigenvalue weighted by Gasteiger charge is -2.17. The Morgan fingerprint density at radius 3 is 2.31 bits per heavy atom. The van der Waals surface area contributed by atoms with Gasteiger partial charge in [-0.25, -0.2) is 9.97 Å². The number of fused-ring (bicyclic) bond motifs is 1. The van der Waals surface area contributed by atoms with E-state index >= 15 is 0 Å². The van der Waals surface area contributed by atoms with Crippen molar-refractivity contribution in [2.45, 2.75) is 51.5 Å². The number of anilines is 1. The van der Waals surface area contributed by atoms with E-state index in [1.54, 1.807) is 0 Å². The minimum Gasteiger partial charge on any atom is -0.353 e. The van der Waals surface area contributed by atoms with Gasteiger partial charge in [-0.1, -0.05) is 30.7 Å². The van der Waals surface area contributed by atoms with Crippen molar-refractivity contribution in [3.8, 4) is 11.1 Å². The number of hydrogen-bond donors (Lipinski definition) is 1. The zero-order valence-electron chi connectivity index (χ0n) is 17.2. The molecular weight excluding hydrogens is 360 g/mol. The van der Waals surface area contributed by atoms with Crippen LogP contribution in [-0.2, 0) is 11.2 Å². The van der Waals surface area contributed by atoms with Gasteiger partial charge in [0.15, 0.2) is 0 Å². The number of carbonyl (C=O) groups excluding carboxylic acids is 1. The number of aromatic nitrogens is 2. The summed E-state index contributed by atoms with van der Waals surface area (Å²) in [6, 6.07) is 8.71. The van der Waals surface area contributed by atoms with E-state index < -0.39 is 0 Å². The Bertz CT molecular complexity index is 847. The quantitative estimate of drug-likeness (QED) is 0.814. The highest BCUT2D eigenvalue weighted by Gasteiger charge is 2.37. The van der Waals surface area contributed by atoms with E-state index in [4.69, 9.17) is 0 Å². The van der Waals surface area contributed by atoms with Crippen LogP contribution in [-0.4, -0.2) is 35.0 Å². The van der Waals surface area contributed by atoms with Gasteiger partial charge >= 0.3 is 0 Å². The van der Waals surface area contributed by atoms with Crippen molar-refractivity contribution < 1.29 is 4.79 Å². The Hall–Kier alpha value is -2.43. The summed E-state index contributed by atoms with van der Waals surface area (Å²) < 4.78 is 0. The molecule has 0 bridgehead atoms. The first-order chi connectivity index (χ1) is 14.2. The van der Waals surface area contributed by atoms with Crippen LogP contribution in [0.1, 0.15) is 44.6 Å². The maximum Gasteiger partial charge on any atom is 0.225 e. The first-order valence-corrected chi connectivity index (χ1v) is 11.1. The van der Waals surface area contributed by atoms with Gasteiger partial charge in [0.05, 0.1) is 0 Å². The first kappa shape index (κ1) is 18.6. The van der Waals surface area contributed by atoms with Crippen LogP contribution in [0.5, 0.6) is 0 Å². The van der Waals surface area contributed by atoms with Crippen LogP contribution < -0.4 is 10.2 Å². The second kappa shape index (κ2) is 7.77. The molecule has 5 nitrogen and oxygen atoms in total. The minimum atomic E-state index is 0.163. The summed E-state index contributed by atoms with van der Waals surface area (Å²) >= 11 is 0. The van der Waals surface area contributed by atoms with Gasteiger partial charge in [-0.2, -0.15) is 0 Å². The summed E-state index contributed by atoms with van der Waals surface area (Å²) in [4.78, 5) is 23.6. The molecule has 1 N–H and O–H groups in total. The van der Waals surface area contributed by atoms with Gasteiger partial charge in [0.2, 0.25) is 11.9 Å². The fraction of sp³-hybridized carbons (Fsp3) is 0.542. The van der Waals surface area contributed by atoms with Gasteiger partial charge in [-0.05, 0) is 62.0 Å². The van der Waals surface area contributed by atoms with Crippen LogP contribution in [0.4, 0.5) is 5.95 Å². The molecule has 1 aromatic heterocycles. The van der Waals surface area contributed by atoms with Crippen molar-refractivity contribution in [1.29, 1.82) is 0 Å². The molecule has 0 radical (unpaired) electrons. The molecule has 2 aromatic rings. The Morgan fingerprint density at radius 1 is 1.03 bits per heavy atom. The molecule has 3 unspecified atom stereocenters. The summed E-state index contributed by atoms with van der Waals surface area (Å²) in [6.45, 7) is 4.32. The van der Waals surface area contributed by atoms with Gasteiger partial charge in [0.1, 0.15) is 0 Å². The highest BCUT2D eigenvalue weighted by molar-refractivity contribution is 5.81. The molecule has 3 aliphatic rings. The number of nitrogens with one attached hydrogen (secondary N) is 1. The Kier molecular flexibility index (Phi) is 4.98. The molecule has 29 heavy (non-hydrogen) atoms. The molecule has 0 spiro atoms. The molecule has 5 rings (SSSR count). The third kappa shape index (κ3) is 4.14. The first-order valence-electron chi connectivity index (χ1n) is 11.1. The van der Waals surface area contributed by atoms with E-state index in [1.807, 2.05) is 12.4 Å². The summed E-state index contributed by atoms with van der Waals surface area (Å²) in [6.07, 6.45) is 11.0. The summed E-state index contributed by atoms with van der Waals surface area (Å²) in [5, 5.41) is 3.12. The largest absolute Gasteiger partial charge is 0.353 e. The van der Waals surface area contributed by atoms with Crippen LogP contribution in [0.3, 0.4) is 0 Å². The second-order valence-electron chi connectivity index (χ2n) is 9.21. The van der Waals surface area contributed by atoms with E-state index in [-0.39, 0.29) is 17.9 Å². The highest BCUT2D eigenvalue weighted by Crippen LogP contribution is 2.38. The highest BCUT2D eigenvalue weighted by atomic mass is 16.2. The van der Waals surface area contributed by atoms with Crippen molar-refractivity contribution in [1.82, 2.24) is 15.3 Å². The Balaban J connectivity index is 1.19. The van der Waals surface area contributed by atoms with Crippen molar-refractivity contribution in [2.75, 3.05) is 18.0 Å². The predicted octanol–water partition coefficient (Wildman–Crippen LogP) is 3.84. The lowest BCUT2D eigenvalue weighted by Crippen LogP contribution is -2.35. The SMILES string of the molecule is CC(Cc1ccc(-c2cnc(N3CC4CCCC4C3)nc2)cc1)NC(=O)C1CC1. The minimum absolute atomic E-state index is 0.163. The Labute approximate surface area is 172 Å². The molecule has 2 saturated carbocycles. The smallest absolute Gasteiger partial charge is 0.225 e. The van der Waals surface area contributed by atoms with Crippen LogP contribution in [0.2, 0.25) is 0 Å². The summed E-state index contributed by atoms with van der Waals surface area (Å²) in [7, 11) is 0. The molecule has 1 amide bonds. The van der Waals surface area contributed by atoms with Gasteiger partial charge in [0.25, 0.3) is 0 Å². The maximum atomic E-state index is 11.9. The van der Waals surface area contributed by atoms with Crippen LogP contribution in [0.15, 0.2) is 36.7 Å². The number of carbonyl (C=O) groups is 1. The maximum absolute atomic E-state index is 11.9. The summed E-state index contributed by atoms with van der Waals surface area (Å²) in [5.41, 5.74) is 3.42. The molecular formula is C24H30N4O. The Morgan fingerprint density at radius 2 is 1.69 bits per heavy atom. The fourth-order valence-corrected chi connectivity index (χ4v) is 4.98. The zero-order valence-corrected chi connectivity index (χ0v) is 17.2. The molecule has 1 aromatic carbocycles. The average Bonchev–Trinajstić information content (AvgIpc) is 3.36. The van der Waals surface area contributed by atoms with Crippen molar-refractivity contribution in [2.24, 2.45) is 17.8 Å².